The van der Waals surface area contributed by atoms with E-state index >= 15 is 4.39 Å². The van der Waals surface area contributed by atoms with Crippen LogP contribution in [0.15, 0.2) is 53.6 Å². The number of unbranched alkanes of at least 4 members (excludes halogenated alkanes) is 1. The number of ether oxygens (including phenoxy) is 1. The lowest BCUT2D eigenvalue weighted by Crippen LogP contribution is -2.49. The highest BCUT2D eigenvalue weighted by Gasteiger charge is 2.27. The number of benzene rings is 2. The van der Waals surface area contributed by atoms with Crippen LogP contribution in [0.3, 0.4) is 0 Å². The molecule has 0 unspecified atom stereocenters. The number of pyridine rings is 1. The van der Waals surface area contributed by atoms with E-state index < -0.39 is 34.9 Å². The highest BCUT2D eigenvalue weighted by atomic mass is 19.1. The molecule has 15 heteroatoms. The smallest absolute Gasteiger partial charge is 0.410 e. The fourth-order valence-corrected chi connectivity index (χ4v) is 6.56. The van der Waals surface area contributed by atoms with Gasteiger partial charge in [0.2, 0.25) is 11.3 Å². The van der Waals surface area contributed by atoms with Crippen molar-refractivity contribution < 1.29 is 33.4 Å². The molecule has 0 radical (unpaired) electrons. The first kappa shape index (κ1) is 39.6. The Morgan fingerprint density at radius 2 is 1.67 bits per heavy atom. The molecule has 0 aliphatic carbocycles. The molecule has 54 heavy (non-hydrogen) atoms. The topological polar surface area (TPSA) is 183 Å². The Kier molecular flexibility index (Phi) is 12.8. The van der Waals surface area contributed by atoms with E-state index in [4.69, 9.17) is 10.5 Å². The number of aryl methyl sites for hydroxylation is 1. The first-order valence-electron chi connectivity index (χ1n) is 18.3. The number of hydrogen-bond donors (Lipinski definition) is 2. The van der Waals surface area contributed by atoms with Crippen molar-refractivity contribution in [3.8, 4) is 0 Å². The van der Waals surface area contributed by atoms with E-state index in [-0.39, 0.29) is 61.2 Å². The fourth-order valence-electron chi connectivity index (χ4n) is 6.56. The molecule has 2 atom stereocenters. The standard InChI is InChI=1S/C39H48FN7O7/c1-5-44-21-29(38(51)52)37(50)28-19-30(40)34(20-33(28)44)45-14-16-46(17-15-45)39(53)54-23-27-12-10-26(11-13-27)18-35(48)32(8-6-7-9-36(41)49)47-22-31(42-43-47)25(4)24(2)3/h10-13,19-22,24-25,32H,5-9,14-18,23H2,1-4H3,(H2,41,49)(H,51,52)/t25-,32-/m0/s1. The second-order valence-corrected chi connectivity index (χ2v) is 14.2. The summed E-state index contributed by atoms with van der Waals surface area (Å²) in [5.41, 5.74) is 7.20. The van der Waals surface area contributed by atoms with Gasteiger partial charge in [-0.2, -0.15) is 0 Å². The zero-order valence-electron chi connectivity index (χ0n) is 31.2. The van der Waals surface area contributed by atoms with Crippen LogP contribution in [-0.4, -0.2) is 79.5 Å². The van der Waals surface area contributed by atoms with Crippen LogP contribution in [-0.2, 0) is 33.9 Å². The Labute approximate surface area is 312 Å². The number of carboxylic acids is 1. The van der Waals surface area contributed by atoms with Crippen LogP contribution in [0.1, 0.15) is 92.5 Å². The molecule has 1 aliphatic rings. The summed E-state index contributed by atoms with van der Waals surface area (Å²) in [5, 5.41) is 18.0. The number of aromatic nitrogens is 4. The molecule has 0 saturated carbocycles. The summed E-state index contributed by atoms with van der Waals surface area (Å²) in [6.45, 7) is 9.71. The average molecular weight is 746 g/mol. The van der Waals surface area contributed by atoms with Crippen LogP contribution in [0.5, 0.6) is 0 Å². The predicted octanol–water partition coefficient (Wildman–Crippen LogP) is 5.07. The Morgan fingerprint density at radius 1 is 0.981 bits per heavy atom. The summed E-state index contributed by atoms with van der Waals surface area (Å²) in [6.07, 6.45) is 4.74. The van der Waals surface area contributed by atoms with E-state index in [0.717, 1.165) is 22.9 Å². The van der Waals surface area contributed by atoms with Crippen molar-refractivity contribution >= 4 is 40.3 Å². The first-order valence-corrected chi connectivity index (χ1v) is 18.3. The third-order valence-electron chi connectivity index (χ3n) is 10.2. The number of primary amides is 1. The highest BCUT2D eigenvalue weighted by molar-refractivity contribution is 5.93. The van der Waals surface area contributed by atoms with Gasteiger partial charge in [0.25, 0.3) is 0 Å². The number of halogens is 1. The van der Waals surface area contributed by atoms with Crippen molar-refractivity contribution in [3.05, 3.63) is 87.2 Å². The van der Waals surface area contributed by atoms with Crippen molar-refractivity contribution in [1.82, 2.24) is 24.5 Å². The number of rotatable bonds is 16. The molecule has 1 saturated heterocycles. The van der Waals surface area contributed by atoms with Crippen LogP contribution >= 0.6 is 0 Å². The molecule has 2 amide bonds. The SMILES string of the molecule is CCn1cc(C(=O)O)c(=O)c2cc(F)c(N3CCN(C(=O)OCc4ccc(CC(=O)[C@H](CCCCC(N)=O)n5cc([C@@H](C)C(C)C)nn5)cc4)CC3)cc21. The molecular formula is C39H48FN7O7. The van der Waals surface area contributed by atoms with Crippen molar-refractivity contribution in [3.63, 3.8) is 0 Å². The molecule has 3 heterocycles. The van der Waals surface area contributed by atoms with E-state index in [2.05, 4.69) is 31.1 Å². The normalized spacial score (nSPS) is 14.3. The molecular weight excluding hydrogens is 697 g/mol. The minimum Gasteiger partial charge on any atom is -0.477 e. The zero-order chi connectivity index (χ0) is 39.1. The molecule has 3 N–H and O–H groups in total. The molecule has 14 nitrogen and oxygen atoms in total. The average Bonchev–Trinajstić information content (AvgIpc) is 3.63. The summed E-state index contributed by atoms with van der Waals surface area (Å²) in [6, 6.07) is 9.38. The largest absolute Gasteiger partial charge is 0.477 e. The lowest BCUT2D eigenvalue weighted by Gasteiger charge is -2.35. The minimum absolute atomic E-state index is 0.00477. The molecule has 4 aromatic rings. The number of carbonyl (C=O) groups is 4. The van der Waals surface area contributed by atoms with Gasteiger partial charge in [-0.15, -0.1) is 5.10 Å². The maximum Gasteiger partial charge on any atom is 0.410 e. The van der Waals surface area contributed by atoms with E-state index in [1.807, 2.05) is 30.5 Å². The first-order chi connectivity index (χ1) is 25.8. The lowest BCUT2D eigenvalue weighted by atomic mass is 9.95. The van der Waals surface area contributed by atoms with Gasteiger partial charge in [-0.1, -0.05) is 56.7 Å². The summed E-state index contributed by atoms with van der Waals surface area (Å²) in [7, 11) is 0. The van der Waals surface area contributed by atoms with Crippen LogP contribution in [0, 0.1) is 11.7 Å². The third kappa shape index (κ3) is 9.30. The second-order valence-electron chi connectivity index (χ2n) is 14.2. The molecule has 0 spiro atoms. The number of Topliss-reactive ketones (excluding diaryl/α,β-unsaturated/α-hetero) is 1. The van der Waals surface area contributed by atoms with Gasteiger partial charge < -0.3 is 29.9 Å². The van der Waals surface area contributed by atoms with Crippen LogP contribution in [0.4, 0.5) is 14.9 Å². The maximum absolute atomic E-state index is 15.3. The van der Waals surface area contributed by atoms with Gasteiger partial charge >= 0.3 is 12.1 Å². The quantitative estimate of drug-likeness (QED) is 0.147. The number of piperazine rings is 1. The third-order valence-corrected chi connectivity index (χ3v) is 10.2. The number of nitrogens with two attached hydrogens (primary N) is 1. The molecule has 2 aromatic carbocycles. The Morgan fingerprint density at radius 3 is 2.30 bits per heavy atom. The number of ketones is 1. The number of carbonyl (C=O) groups excluding carboxylic acids is 3. The van der Waals surface area contributed by atoms with Crippen LogP contribution in [0.2, 0.25) is 0 Å². The number of amides is 2. The molecule has 5 rings (SSSR count). The van der Waals surface area contributed by atoms with Crippen molar-refractivity contribution in [2.24, 2.45) is 11.7 Å². The van der Waals surface area contributed by atoms with E-state index in [0.29, 0.717) is 50.3 Å². The number of nitrogens with zero attached hydrogens (tertiary/aromatic N) is 6. The number of anilines is 1. The van der Waals surface area contributed by atoms with Gasteiger partial charge in [-0.05, 0) is 48.9 Å². The number of carboxylic acid groups (broad SMARTS) is 1. The molecule has 288 valence electrons. The van der Waals surface area contributed by atoms with E-state index in [1.165, 1.54) is 6.20 Å². The Hall–Kier alpha value is -5.60. The van der Waals surface area contributed by atoms with Gasteiger partial charge in [-0.25, -0.2) is 18.7 Å². The van der Waals surface area contributed by atoms with Gasteiger partial charge in [0.15, 0.2) is 5.78 Å². The van der Waals surface area contributed by atoms with E-state index in [9.17, 15) is 29.1 Å². The zero-order valence-corrected chi connectivity index (χ0v) is 31.2. The molecule has 2 aromatic heterocycles. The summed E-state index contributed by atoms with van der Waals surface area (Å²) < 4.78 is 24.1. The minimum atomic E-state index is -1.37. The second kappa shape index (κ2) is 17.5. The lowest BCUT2D eigenvalue weighted by molar-refractivity contribution is -0.122. The van der Waals surface area contributed by atoms with Gasteiger partial charge in [0.05, 0.1) is 16.9 Å². The van der Waals surface area contributed by atoms with E-state index in [1.54, 1.807) is 32.0 Å². The van der Waals surface area contributed by atoms with Gasteiger partial charge in [0.1, 0.15) is 24.0 Å². The van der Waals surface area contributed by atoms with Crippen molar-refractivity contribution in [2.45, 2.75) is 84.9 Å². The monoisotopic (exact) mass is 745 g/mol. The van der Waals surface area contributed by atoms with Gasteiger partial charge in [0, 0.05) is 69.3 Å². The molecule has 0 bridgehead atoms. The molecule has 1 aliphatic heterocycles. The maximum atomic E-state index is 15.3. The summed E-state index contributed by atoms with van der Waals surface area (Å²) in [4.78, 5) is 65.4. The van der Waals surface area contributed by atoms with Crippen LogP contribution < -0.4 is 16.1 Å². The Balaban J connectivity index is 1.16. The van der Waals surface area contributed by atoms with Gasteiger partial charge in [-0.3, -0.25) is 14.4 Å². The number of fused-ring (bicyclic) bond motifs is 1. The number of aromatic carboxylic acids is 1. The number of hydrogen-bond acceptors (Lipinski definition) is 9. The highest BCUT2D eigenvalue weighted by Crippen LogP contribution is 2.27. The summed E-state index contributed by atoms with van der Waals surface area (Å²) >= 11 is 0. The van der Waals surface area contributed by atoms with Crippen LogP contribution in [0.25, 0.3) is 10.9 Å². The predicted molar refractivity (Wildman–Crippen MR) is 200 cm³/mol. The molecule has 1 fully saturated rings. The van der Waals surface area contributed by atoms with Crippen molar-refractivity contribution in [1.29, 1.82) is 0 Å². The summed E-state index contributed by atoms with van der Waals surface area (Å²) in [5.74, 6) is -1.88. The van der Waals surface area contributed by atoms with Crippen molar-refractivity contribution in [2.75, 3.05) is 31.1 Å². The fraction of sp³-hybridized carbons (Fsp3) is 0.462. The Bertz CT molecular complexity index is 2050.